The molecule has 2 amide bonds. The fourth-order valence-corrected chi connectivity index (χ4v) is 2.26. The highest BCUT2D eigenvalue weighted by atomic mass is 16.5. The molecule has 2 rings (SSSR count). The van der Waals surface area contributed by atoms with Crippen LogP contribution in [-0.2, 0) is 4.74 Å². The maximum atomic E-state index is 11.8. The summed E-state index contributed by atoms with van der Waals surface area (Å²) < 4.78 is 5.24. The zero-order valence-electron chi connectivity index (χ0n) is 12.0. The van der Waals surface area contributed by atoms with Gasteiger partial charge in [0.05, 0.1) is 25.9 Å². The van der Waals surface area contributed by atoms with Gasteiger partial charge >= 0.3 is 6.03 Å². The van der Waals surface area contributed by atoms with Crippen molar-refractivity contribution < 1.29 is 14.6 Å². The molecule has 1 aromatic rings. The van der Waals surface area contributed by atoms with Gasteiger partial charge in [-0.1, -0.05) is 42.0 Å². The molecule has 5 heteroatoms. The molecule has 0 saturated heterocycles. The minimum atomic E-state index is -0.381. The molecule has 1 heterocycles. The Kier molecular flexibility index (Phi) is 6.24. The third kappa shape index (κ3) is 5.21. The first kappa shape index (κ1) is 15.5. The Morgan fingerprint density at radius 3 is 2.81 bits per heavy atom. The van der Waals surface area contributed by atoms with Crippen molar-refractivity contribution in [2.75, 3.05) is 26.4 Å². The van der Waals surface area contributed by atoms with Gasteiger partial charge in [0, 0.05) is 6.54 Å². The Balaban J connectivity index is 1.74. The number of aliphatic hydroxyl groups excluding tert-OH is 1. The van der Waals surface area contributed by atoms with Gasteiger partial charge in [-0.3, -0.25) is 0 Å². The second-order valence-corrected chi connectivity index (χ2v) is 4.98. The third-order valence-electron chi connectivity index (χ3n) is 3.48. The molecule has 0 saturated carbocycles. The van der Waals surface area contributed by atoms with Crippen molar-refractivity contribution in [3.05, 3.63) is 47.5 Å². The normalized spacial score (nSPS) is 16.0. The SMILES string of the molecule is O=C(NCCC1=CCOCC1)N[C@H](CO)c1ccccc1. The van der Waals surface area contributed by atoms with Crippen molar-refractivity contribution in [1.82, 2.24) is 10.6 Å². The minimum absolute atomic E-state index is 0.125. The van der Waals surface area contributed by atoms with Crippen molar-refractivity contribution in [1.29, 1.82) is 0 Å². The van der Waals surface area contributed by atoms with Crippen LogP contribution in [0.1, 0.15) is 24.4 Å². The summed E-state index contributed by atoms with van der Waals surface area (Å²) in [6.07, 6.45) is 3.85. The Hall–Kier alpha value is -1.85. The maximum Gasteiger partial charge on any atom is 0.315 e. The van der Waals surface area contributed by atoms with E-state index in [-0.39, 0.29) is 18.7 Å². The third-order valence-corrected chi connectivity index (χ3v) is 3.48. The number of nitrogens with one attached hydrogen (secondary N) is 2. The molecule has 5 nitrogen and oxygen atoms in total. The highest BCUT2D eigenvalue weighted by Crippen LogP contribution is 2.12. The lowest BCUT2D eigenvalue weighted by atomic mass is 10.1. The average molecular weight is 290 g/mol. The molecule has 0 fully saturated rings. The lowest BCUT2D eigenvalue weighted by molar-refractivity contribution is 0.153. The van der Waals surface area contributed by atoms with Crippen LogP contribution in [0.5, 0.6) is 0 Å². The highest BCUT2D eigenvalue weighted by Gasteiger charge is 2.13. The van der Waals surface area contributed by atoms with Crippen LogP contribution >= 0.6 is 0 Å². The quantitative estimate of drug-likeness (QED) is 0.699. The van der Waals surface area contributed by atoms with E-state index >= 15 is 0 Å². The van der Waals surface area contributed by atoms with E-state index in [2.05, 4.69) is 16.7 Å². The molecular weight excluding hydrogens is 268 g/mol. The van der Waals surface area contributed by atoms with Gasteiger partial charge in [-0.2, -0.15) is 0 Å². The largest absolute Gasteiger partial charge is 0.394 e. The van der Waals surface area contributed by atoms with Crippen molar-refractivity contribution in [2.24, 2.45) is 0 Å². The fourth-order valence-electron chi connectivity index (χ4n) is 2.26. The van der Waals surface area contributed by atoms with E-state index in [4.69, 9.17) is 4.74 Å². The Labute approximate surface area is 125 Å². The molecule has 114 valence electrons. The molecular formula is C16H22N2O3. The zero-order valence-corrected chi connectivity index (χ0v) is 12.0. The van der Waals surface area contributed by atoms with Crippen LogP contribution < -0.4 is 10.6 Å². The number of urea groups is 1. The Morgan fingerprint density at radius 1 is 1.33 bits per heavy atom. The molecule has 1 aliphatic heterocycles. The van der Waals surface area contributed by atoms with Crippen molar-refractivity contribution in [3.63, 3.8) is 0 Å². The molecule has 1 aromatic carbocycles. The van der Waals surface area contributed by atoms with Crippen LogP contribution in [0.25, 0.3) is 0 Å². The number of hydrogen-bond donors (Lipinski definition) is 3. The van der Waals surface area contributed by atoms with Gasteiger partial charge < -0.3 is 20.5 Å². The van der Waals surface area contributed by atoms with Gasteiger partial charge in [-0.05, 0) is 18.4 Å². The zero-order chi connectivity index (χ0) is 14.9. The van der Waals surface area contributed by atoms with Crippen LogP contribution in [0.3, 0.4) is 0 Å². The number of carbonyl (C=O) groups excluding carboxylic acids is 1. The molecule has 1 aliphatic rings. The topological polar surface area (TPSA) is 70.6 Å². The molecule has 21 heavy (non-hydrogen) atoms. The summed E-state index contributed by atoms with van der Waals surface area (Å²) in [5.41, 5.74) is 2.21. The molecule has 3 N–H and O–H groups in total. The van der Waals surface area contributed by atoms with Crippen LogP contribution in [0.15, 0.2) is 42.0 Å². The second-order valence-electron chi connectivity index (χ2n) is 4.98. The van der Waals surface area contributed by atoms with E-state index in [0.717, 1.165) is 25.0 Å². The van der Waals surface area contributed by atoms with Crippen LogP contribution in [0.4, 0.5) is 4.79 Å². The van der Waals surface area contributed by atoms with Gasteiger partial charge in [0.25, 0.3) is 0 Å². The predicted octanol–water partition coefficient (Wildman–Crippen LogP) is 1.76. The maximum absolute atomic E-state index is 11.8. The summed E-state index contributed by atoms with van der Waals surface area (Å²) in [5.74, 6) is 0. The lowest BCUT2D eigenvalue weighted by Gasteiger charge is -2.18. The van der Waals surface area contributed by atoms with Crippen LogP contribution in [0.2, 0.25) is 0 Å². The van der Waals surface area contributed by atoms with Crippen molar-refractivity contribution >= 4 is 6.03 Å². The van der Waals surface area contributed by atoms with Crippen LogP contribution in [-0.4, -0.2) is 37.5 Å². The van der Waals surface area contributed by atoms with Gasteiger partial charge in [-0.15, -0.1) is 0 Å². The number of benzene rings is 1. The first-order valence-corrected chi connectivity index (χ1v) is 7.25. The van der Waals surface area contributed by atoms with E-state index in [1.807, 2.05) is 30.3 Å². The highest BCUT2D eigenvalue weighted by molar-refractivity contribution is 5.74. The number of aliphatic hydroxyl groups is 1. The van der Waals surface area contributed by atoms with Gasteiger partial charge in [0.15, 0.2) is 0 Å². The Morgan fingerprint density at radius 2 is 2.14 bits per heavy atom. The van der Waals surface area contributed by atoms with E-state index in [1.54, 1.807) is 0 Å². The fraction of sp³-hybridized carbons (Fsp3) is 0.438. The molecule has 0 unspecified atom stereocenters. The van der Waals surface area contributed by atoms with Crippen molar-refractivity contribution in [3.8, 4) is 0 Å². The molecule has 1 atom stereocenters. The van der Waals surface area contributed by atoms with E-state index < -0.39 is 0 Å². The number of carbonyl (C=O) groups is 1. The van der Waals surface area contributed by atoms with E-state index in [9.17, 15) is 9.90 Å². The van der Waals surface area contributed by atoms with Gasteiger partial charge in [0.2, 0.25) is 0 Å². The van der Waals surface area contributed by atoms with E-state index in [1.165, 1.54) is 5.57 Å². The average Bonchev–Trinajstić information content (AvgIpc) is 2.54. The molecule has 0 aromatic heterocycles. The summed E-state index contributed by atoms with van der Waals surface area (Å²) in [6, 6.07) is 8.80. The molecule has 0 aliphatic carbocycles. The molecule has 0 spiro atoms. The number of hydrogen-bond acceptors (Lipinski definition) is 3. The van der Waals surface area contributed by atoms with Gasteiger partial charge in [-0.25, -0.2) is 4.79 Å². The summed E-state index contributed by atoms with van der Waals surface area (Å²) in [4.78, 5) is 11.8. The van der Waals surface area contributed by atoms with E-state index in [0.29, 0.717) is 13.2 Å². The summed E-state index contributed by atoms with van der Waals surface area (Å²) in [6.45, 7) is 1.89. The smallest absolute Gasteiger partial charge is 0.315 e. The first-order chi connectivity index (χ1) is 10.3. The number of amides is 2. The Bertz CT molecular complexity index is 474. The monoisotopic (exact) mass is 290 g/mol. The number of ether oxygens (including phenoxy) is 1. The number of rotatable bonds is 6. The van der Waals surface area contributed by atoms with Crippen LogP contribution in [0, 0.1) is 0 Å². The second kappa shape index (κ2) is 8.44. The van der Waals surface area contributed by atoms with Crippen molar-refractivity contribution in [2.45, 2.75) is 18.9 Å². The summed E-state index contributed by atoms with van der Waals surface area (Å²) in [7, 11) is 0. The summed E-state index contributed by atoms with van der Waals surface area (Å²) >= 11 is 0. The standard InChI is InChI=1S/C16H22N2O3/c19-12-15(14-4-2-1-3-5-14)18-16(20)17-9-6-13-7-10-21-11-8-13/h1-5,7,15,19H,6,8-12H2,(H2,17,18,20)/t15-/m1/s1. The van der Waals surface area contributed by atoms with Gasteiger partial charge in [0.1, 0.15) is 0 Å². The first-order valence-electron chi connectivity index (χ1n) is 7.25. The molecule has 0 radical (unpaired) electrons. The molecule has 0 bridgehead atoms. The lowest BCUT2D eigenvalue weighted by Crippen LogP contribution is -2.39. The minimum Gasteiger partial charge on any atom is -0.394 e. The summed E-state index contributed by atoms with van der Waals surface area (Å²) in [5, 5.41) is 15.0. The predicted molar refractivity (Wildman–Crippen MR) is 80.9 cm³/mol.